The molecule has 0 bridgehead atoms. The molecule has 0 unspecified atom stereocenters. The van der Waals surface area contributed by atoms with Crippen LogP contribution < -0.4 is 9.64 Å². The lowest BCUT2D eigenvalue weighted by Gasteiger charge is -2.27. The topological polar surface area (TPSA) is 29.5 Å². The first-order valence-corrected chi connectivity index (χ1v) is 10.3. The molecule has 1 aromatic carbocycles. The summed E-state index contributed by atoms with van der Waals surface area (Å²) in [5.41, 5.74) is 1.24. The van der Waals surface area contributed by atoms with E-state index in [0.717, 1.165) is 31.8 Å². The van der Waals surface area contributed by atoms with Crippen LogP contribution in [0.1, 0.15) is 71.1 Å². The van der Waals surface area contributed by atoms with Gasteiger partial charge in [0.1, 0.15) is 5.75 Å². The highest BCUT2D eigenvalue weighted by Crippen LogP contribution is 2.33. The van der Waals surface area contributed by atoms with Gasteiger partial charge in [-0.1, -0.05) is 32.6 Å². The van der Waals surface area contributed by atoms with Crippen molar-refractivity contribution in [2.24, 2.45) is 11.8 Å². The SMILES string of the molecule is CCCCCC1CCC(C(=O)Oc2ccc(N3CCCC3)cc2)CC1. The number of hydrogen-bond acceptors (Lipinski definition) is 3. The van der Waals surface area contributed by atoms with Crippen molar-refractivity contribution in [3.63, 3.8) is 0 Å². The van der Waals surface area contributed by atoms with Crippen molar-refractivity contribution < 1.29 is 9.53 Å². The van der Waals surface area contributed by atoms with Crippen molar-refractivity contribution >= 4 is 11.7 Å². The van der Waals surface area contributed by atoms with Crippen molar-refractivity contribution in [1.82, 2.24) is 0 Å². The van der Waals surface area contributed by atoms with Crippen molar-refractivity contribution in [2.75, 3.05) is 18.0 Å². The molecule has 0 aromatic heterocycles. The number of carbonyl (C=O) groups is 1. The molecule has 0 spiro atoms. The molecular formula is C22H33NO2. The number of carbonyl (C=O) groups excluding carboxylic acids is 1. The third-order valence-corrected chi connectivity index (χ3v) is 5.92. The smallest absolute Gasteiger partial charge is 0.314 e. The normalized spacial score (nSPS) is 23.6. The molecule has 1 aromatic rings. The quantitative estimate of drug-likeness (QED) is 0.368. The molecule has 3 rings (SSSR count). The minimum Gasteiger partial charge on any atom is -0.426 e. The zero-order valence-electron chi connectivity index (χ0n) is 15.7. The van der Waals surface area contributed by atoms with Gasteiger partial charge in [-0.2, -0.15) is 0 Å². The number of hydrogen-bond donors (Lipinski definition) is 0. The number of esters is 1. The Morgan fingerprint density at radius 2 is 1.72 bits per heavy atom. The minimum atomic E-state index is -0.0269. The highest BCUT2D eigenvalue weighted by atomic mass is 16.5. The van der Waals surface area contributed by atoms with Crippen LogP contribution in [0.3, 0.4) is 0 Å². The summed E-state index contributed by atoms with van der Waals surface area (Å²) in [6.45, 7) is 4.53. The molecule has 25 heavy (non-hydrogen) atoms. The second-order valence-electron chi connectivity index (χ2n) is 7.82. The number of ether oxygens (including phenoxy) is 1. The lowest BCUT2D eigenvalue weighted by Crippen LogP contribution is -2.25. The Balaban J connectivity index is 1.43. The Kier molecular flexibility index (Phi) is 6.77. The first-order valence-electron chi connectivity index (χ1n) is 10.3. The number of anilines is 1. The summed E-state index contributed by atoms with van der Waals surface area (Å²) in [6.07, 6.45) is 12.3. The van der Waals surface area contributed by atoms with Gasteiger partial charge in [-0.3, -0.25) is 4.79 Å². The van der Waals surface area contributed by atoms with E-state index in [9.17, 15) is 4.79 Å². The lowest BCUT2D eigenvalue weighted by atomic mass is 9.80. The summed E-state index contributed by atoms with van der Waals surface area (Å²) >= 11 is 0. The Bertz CT molecular complexity index is 525. The second-order valence-corrected chi connectivity index (χ2v) is 7.82. The minimum absolute atomic E-state index is 0.0269. The van der Waals surface area contributed by atoms with Crippen LogP contribution in [0, 0.1) is 11.8 Å². The molecule has 0 amide bonds. The van der Waals surface area contributed by atoms with Gasteiger partial charge in [0.2, 0.25) is 0 Å². The molecule has 2 aliphatic rings. The summed E-state index contributed by atoms with van der Waals surface area (Å²) < 4.78 is 5.65. The molecule has 0 radical (unpaired) electrons. The molecule has 1 saturated heterocycles. The van der Waals surface area contributed by atoms with E-state index in [1.807, 2.05) is 12.1 Å². The fourth-order valence-electron chi connectivity index (χ4n) is 4.27. The molecular weight excluding hydrogens is 310 g/mol. The fourth-order valence-corrected chi connectivity index (χ4v) is 4.27. The van der Waals surface area contributed by atoms with Crippen LogP contribution in [0.15, 0.2) is 24.3 Å². The first-order chi connectivity index (χ1) is 12.3. The number of rotatable bonds is 7. The highest BCUT2D eigenvalue weighted by Gasteiger charge is 2.27. The van der Waals surface area contributed by atoms with Crippen LogP contribution in [0.25, 0.3) is 0 Å². The van der Waals surface area contributed by atoms with Crippen molar-refractivity contribution in [2.45, 2.75) is 71.1 Å². The van der Waals surface area contributed by atoms with Crippen LogP contribution in [0.4, 0.5) is 5.69 Å². The zero-order valence-corrected chi connectivity index (χ0v) is 15.7. The van der Waals surface area contributed by atoms with Gasteiger partial charge in [-0.25, -0.2) is 0 Å². The molecule has 0 atom stereocenters. The Morgan fingerprint density at radius 1 is 1.04 bits per heavy atom. The van der Waals surface area contributed by atoms with Gasteiger partial charge in [0.15, 0.2) is 0 Å². The maximum Gasteiger partial charge on any atom is 0.314 e. The van der Waals surface area contributed by atoms with E-state index in [1.54, 1.807) is 0 Å². The van der Waals surface area contributed by atoms with E-state index < -0.39 is 0 Å². The molecule has 1 aliphatic carbocycles. The van der Waals surface area contributed by atoms with Gasteiger partial charge >= 0.3 is 5.97 Å². The lowest BCUT2D eigenvalue weighted by molar-refractivity contribution is -0.140. The Hall–Kier alpha value is -1.51. The maximum atomic E-state index is 12.4. The van der Waals surface area contributed by atoms with E-state index >= 15 is 0 Å². The molecule has 2 fully saturated rings. The molecule has 1 aliphatic heterocycles. The number of unbranched alkanes of at least 4 members (excludes halogenated alkanes) is 2. The van der Waals surface area contributed by atoms with Crippen LogP contribution >= 0.6 is 0 Å². The second kappa shape index (κ2) is 9.26. The van der Waals surface area contributed by atoms with E-state index in [-0.39, 0.29) is 11.9 Å². The summed E-state index contributed by atoms with van der Waals surface area (Å²) in [7, 11) is 0. The average molecular weight is 344 g/mol. The summed E-state index contributed by atoms with van der Waals surface area (Å²) in [5.74, 6) is 1.59. The largest absolute Gasteiger partial charge is 0.426 e. The molecule has 1 saturated carbocycles. The van der Waals surface area contributed by atoms with Crippen LogP contribution in [0.5, 0.6) is 5.75 Å². The molecule has 1 heterocycles. The standard InChI is InChI=1S/C22H33NO2/c1-2-3-4-7-18-8-10-19(11-9-18)22(24)25-21-14-12-20(13-15-21)23-16-5-6-17-23/h12-15,18-19H,2-11,16-17H2,1H3. The summed E-state index contributed by atoms with van der Waals surface area (Å²) in [4.78, 5) is 14.8. The van der Waals surface area contributed by atoms with Gasteiger partial charge in [0, 0.05) is 18.8 Å². The van der Waals surface area contributed by atoms with E-state index in [0.29, 0.717) is 5.75 Å². The van der Waals surface area contributed by atoms with Crippen LogP contribution in [-0.2, 0) is 4.79 Å². The predicted octanol–water partition coefficient (Wildman–Crippen LogP) is 5.58. The Morgan fingerprint density at radius 3 is 2.36 bits per heavy atom. The van der Waals surface area contributed by atoms with Gasteiger partial charge < -0.3 is 9.64 Å². The van der Waals surface area contributed by atoms with Crippen LogP contribution in [-0.4, -0.2) is 19.1 Å². The van der Waals surface area contributed by atoms with Crippen molar-refractivity contribution in [3.05, 3.63) is 24.3 Å². The van der Waals surface area contributed by atoms with Gasteiger partial charge in [-0.05, 0) is 68.7 Å². The van der Waals surface area contributed by atoms with Crippen molar-refractivity contribution in [1.29, 1.82) is 0 Å². The first kappa shape index (κ1) is 18.3. The molecule has 0 N–H and O–H groups in total. The number of nitrogens with zero attached hydrogens (tertiary/aromatic N) is 1. The molecule has 138 valence electrons. The van der Waals surface area contributed by atoms with Crippen molar-refractivity contribution in [3.8, 4) is 5.75 Å². The summed E-state index contributed by atoms with van der Waals surface area (Å²) in [5, 5.41) is 0. The third-order valence-electron chi connectivity index (χ3n) is 5.92. The van der Waals surface area contributed by atoms with Gasteiger partial charge in [0.25, 0.3) is 0 Å². The summed E-state index contributed by atoms with van der Waals surface area (Å²) in [6, 6.07) is 8.06. The average Bonchev–Trinajstić information content (AvgIpc) is 3.18. The van der Waals surface area contributed by atoms with E-state index in [4.69, 9.17) is 4.74 Å². The third kappa shape index (κ3) is 5.23. The monoisotopic (exact) mass is 343 g/mol. The fraction of sp³-hybridized carbons (Fsp3) is 0.682. The highest BCUT2D eigenvalue weighted by molar-refractivity contribution is 5.75. The maximum absolute atomic E-state index is 12.4. The molecule has 3 nitrogen and oxygen atoms in total. The van der Waals surface area contributed by atoms with E-state index in [2.05, 4.69) is 24.0 Å². The predicted molar refractivity (Wildman–Crippen MR) is 103 cm³/mol. The molecule has 3 heteroatoms. The zero-order chi connectivity index (χ0) is 17.5. The number of benzene rings is 1. The Labute approximate surface area is 152 Å². The van der Waals surface area contributed by atoms with Gasteiger partial charge in [-0.15, -0.1) is 0 Å². The van der Waals surface area contributed by atoms with E-state index in [1.165, 1.54) is 57.1 Å². The van der Waals surface area contributed by atoms with Gasteiger partial charge in [0.05, 0.1) is 5.92 Å². The van der Waals surface area contributed by atoms with Crippen LogP contribution in [0.2, 0.25) is 0 Å².